The number of aromatic nitrogens is 1. The lowest BCUT2D eigenvalue weighted by Gasteiger charge is -2.13. The number of hydrogen-bond acceptors (Lipinski definition) is 3. The normalized spacial score (nSPS) is 11.5. The van der Waals surface area contributed by atoms with Gasteiger partial charge in [-0.2, -0.15) is 0 Å². The molecular weight excluding hydrogens is 319 g/mol. The average Bonchev–Trinajstić information content (AvgIpc) is 2.60. The Balaban J connectivity index is 1.77. The Kier molecular flexibility index (Phi) is 7.19. The second-order valence-electron chi connectivity index (χ2n) is 5.87. The molecular formula is C19H25FN4O. The molecule has 25 heavy (non-hydrogen) atoms. The standard InChI is InChI=1S/C19H25FN4O/c1-14(2)25-18-9-8-15(12-23-18)13-24-19(21-3)22-11-10-16-6-4-5-7-17(16)20/h4-9,12,14H,10-11,13H2,1-3H3,(H2,21,22,24). The first-order valence-corrected chi connectivity index (χ1v) is 8.38. The van der Waals surface area contributed by atoms with Crippen molar-refractivity contribution in [2.24, 2.45) is 4.99 Å². The lowest BCUT2D eigenvalue weighted by molar-refractivity contribution is 0.232. The van der Waals surface area contributed by atoms with Crippen molar-refractivity contribution in [1.29, 1.82) is 0 Å². The van der Waals surface area contributed by atoms with Crippen molar-refractivity contribution in [3.63, 3.8) is 0 Å². The highest BCUT2D eigenvalue weighted by atomic mass is 19.1. The number of nitrogens with one attached hydrogen (secondary N) is 2. The summed E-state index contributed by atoms with van der Waals surface area (Å²) >= 11 is 0. The molecule has 0 aliphatic carbocycles. The predicted molar refractivity (Wildman–Crippen MR) is 98.3 cm³/mol. The topological polar surface area (TPSA) is 58.5 Å². The van der Waals surface area contributed by atoms with Crippen LogP contribution in [0.4, 0.5) is 4.39 Å². The van der Waals surface area contributed by atoms with Gasteiger partial charge in [-0.1, -0.05) is 24.3 Å². The second-order valence-corrected chi connectivity index (χ2v) is 5.87. The zero-order valence-electron chi connectivity index (χ0n) is 14.9. The molecule has 1 aromatic heterocycles. The van der Waals surface area contributed by atoms with E-state index in [1.54, 1.807) is 25.4 Å². The third kappa shape index (κ3) is 6.41. The van der Waals surface area contributed by atoms with Gasteiger partial charge in [-0.3, -0.25) is 4.99 Å². The minimum atomic E-state index is -0.179. The van der Waals surface area contributed by atoms with Crippen molar-refractivity contribution in [2.45, 2.75) is 32.9 Å². The maximum atomic E-state index is 13.6. The minimum absolute atomic E-state index is 0.106. The first-order chi connectivity index (χ1) is 12.1. The summed E-state index contributed by atoms with van der Waals surface area (Å²) in [7, 11) is 1.70. The molecule has 0 saturated heterocycles. The fourth-order valence-corrected chi connectivity index (χ4v) is 2.25. The smallest absolute Gasteiger partial charge is 0.213 e. The Bertz CT molecular complexity index is 686. The summed E-state index contributed by atoms with van der Waals surface area (Å²) in [6, 6.07) is 10.6. The number of halogens is 1. The zero-order valence-corrected chi connectivity index (χ0v) is 14.9. The quantitative estimate of drug-likeness (QED) is 0.599. The molecule has 134 valence electrons. The van der Waals surface area contributed by atoms with Gasteiger partial charge >= 0.3 is 0 Å². The van der Waals surface area contributed by atoms with Crippen LogP contribution in [0.5, 0.6) is 5.88 Å². The minimum Gasteiger partial charge on any atom is -0.475 e. The van der Waals surface area contributed by atoms with Crippen LogP contribution in [0, 0.1) is 5.82 Å². The molecule has 0 fully saturated rings. The lowest BCUT2D eigenvalue weighted by Crippen LogP contribution is -2.37. The molecule has 0 saturated carbocycles. The van der Waals surface area contributed by atoms with E-state index < -0.39 is 0 Å². The Labute approximate surface area is 148 Å². The summed E-state index contributed by atoms with van der Waals surface area (Å²) < 4.78 is 19.1. The van der Waals surface area contributed by atoms with Crippen molar-refractivity contribution < 1.29 is 9.13 Å². The SMILES string of the molecule is CN=C(NCCc1ccccc1F)NCc1ccc(OC(C)C)nc1. The number of benzene rings is 1. The van der Waals surface area contributed by atoms with E-state index in [1.807, 2.05) is 32.0 Å². The fourth-order valence-electron chi connectivity index (χ4n) is 2.25. The van der Waals surface area contributed by atoms with Crippen molar-refractivity contribution in [2.75, 3.05) is 13.6 Å². The van der Waals surface area contributed by atoms with Crippen molar-refractivity contribution in [1.82, 2.24) is 15.6 Å². The van der Waals surface area contributed by atoms with Crippen LogP contribution < -0.4 is 15.4 Å². The molecule has 2 rings (SSSR count). The highest BCUT2D eigenvalue weighted by Crippen LogP contribution is 2.09. The van der Waals surface area contributed by atoms with Crippen molar-refractivity contribution in [3.8, 4) is 5.88 Å². The van der Waals surface area contributed by atoms with Crippen LogP contribution >= 0.6 is 0 Å². The Morgan fingerprint density at radius 2 is 2.00 bits per heavy atom. The van der Waals surface area contributed by atoms with Gasteiger partial charge in [0.15, 0.2) is 5.96 Å². The molecule has 0 spiro atoms. The number of hydrogen-bond donors (Lipinski definition) is 2. The molecule has 0 amide bonds. The average molecular weight is 344 g/mol. The Morgan fingerprint density at radius 3 is 2.64 bits per heavy atom. The van der Waals surface area contributed by atoms with Crippen LogP contribution in [0.3, 0.4) is 0 Å². The Morgan fingerprint density at radius 1 is 1.20 bits per heavy atom. The van der Waals surface area contributed by atoms with Gasteiger partial charge in [0.05, 0.1) is 6.10 Å². The maximum absolute atomic E-state index is 13.6. The number of aliphatic imine (C=N–C) groups is 1. The van der Waals surface area contributed by atoms with Crippen molar-refractivity contribution in [3.05, 3.63) is 59.5 Å². The third-order valence-corrected chi connectivity index (χ3v) is 3.48. The van der Waals surface area contributed by atoms with Crippen LogP contribution in [0.1, 0.15) is 25.0 Å². The molecule has 5 nitrogen and oxygen atoms in total. The van der Waals surface area contributed by atoms with E-state index in [2.05, 4.69) is 20.6 Å². The largest absolute Gasteiger partial charge is 0.475 e. The van der Waals surface area contributed by atoms with Crippen LogP contribution in [-0.4, -0.2) is 30.6 Å². The van der Waals surface area contributed by atoms with Gasteiger partial charge in [0.1, 0.15) is 5.82 Å². The summed E-state index contributed by atoms with van der Waals surface area (Å²) in [6.07, 6.45) is 2.47. The van der Waals surface area contributed by atoms with Crippen LogP contribution in [0.2, 0.25) is 0 Å². The van der Waals surface area contributed by atoms with Gasteiger partial charge in [-0.15, -0.1) is 0 Å². The van der Waals surface area contributed by atoms with E-state index >= 15 is 0 Å². The van der Waals surface area contributed by atoms with E-state index in [0.717, 1.165) is 5.56 Å². The number of nitrogens with zero attached hydrogens (tertiary/aromatic N) is 2. The third-order valence-electron chi connectivity index (χ3n) is 3.48. The summed E-state index contributed by atoms with van der Waals surface area (Å²) in [5, 5.41) is 6.39. The van der Waals surface area contributed by atoms with Gasteiger partial charge in [0.2, 0.25) is 5.88 Å². The molecule has 0 radical (unpaired) electrons. The molecule has 1 heterocycles. The van der Waals surface area contributed by atoms with Crippen LogP contribution in [-0.2, 0) is 13.0 Å². The molecule has 1 aromatic carbocycles. The van der Waals surface area contributed by atoms with E-state index in [9.17, 15) is 4.39 Å². The summed E-state index contributed by atoms with van der Waals surface area (Å²) in [5.74, 6) is 1.10. The second kappa shape index (κ2) is 9.61. The number of guanidine groups is 1. The molecule has 0 bridgehead atoms. The first kappa shape index (κ1) is 18.7. The molecule has 0 atom stereocenters. The van der Waals surface area contributed by atoms with Crippen LogP contribution in [0.25, 0.3) is 0 Å². The highest BCUT2D eigenvalue weighted by molar-refractivity contribution is 5.79. The van der Waals surface area contributed by atoms with E-state index in [0.29, 0.717) is 36.9 Å². The number of rotatable bonds is 7. The van der Waals surface area contributed by atoms with E-state index in [4.69, 9.17) is 4.74 Å². The summed E-state index contributed by atoms with van der Waals surface area (Å²) in [5.41, 5.74) is 1.71. The van der Waals surface area contributed by atoms with Gasteiger partial charge in [0.25, 0.3) is 0 Å². The molecule has 0 unspecified atom stereocenters. The number of ether oxygens (including phenoxy) is 1. The summed E-state index contributed by atoms with van der Waals surface area (Å²) in [4.78, 5) is 8.44. The molecule has 0 aliphatic rings. The van der Waals surface area contributed by atoms with E-state index in [1.165, 1.54) is 6.07 Å². The van der Waals surface area contributed by atoms with Crippen molar-refractivity contribution >= 4 is 5.96 Å². The maximum Gasteiger partial charge on any atom is 0.213 e. The van der Waals surface area contributed by atoms with Gasteiger partial charge in [-0.25, -0.2) is 9.37 Å². The number of pyridine rings is 1. The molecule has 2 aromatic rings. The monoisotopic (exact) mass is 344 g/mol. The molecule has 0 aliphatic heterocycles. The van der Waals surface area contributed by atoms with Gasteiger partial charge in [0, 0.05) is 32.4 Å². The zero-order chi connectivity index (χ0) is 18.1. The summed E-state index contributed by atoms with van der Waals surface area (Å²) in [6.45, 7) is 5.12. The van der Waals surface area contributed by atoms with Gasteiger partial charge in [-0.05, 0) is 37.5 Å². The highest BCUT2D eigenvalue weighted by Gasteiger charge is 2.03. The van der Waals surface area contributed by atoms with Crippen LogP contribution in [0.15, 0.2) is 47.6 Å². The van der Waals surface area contributed by atoms with E-state index in [-0.39, 0.29) is 11.9 Å². The lowest BCUT2D eigenvalue weighted by atomic mass is 10.1. The predicted octanol–water partition coefficient (Wildman–Crippen LogP) is 2.92. The molecule has 6 heteroatoms. The molecule has 2 N–H and O–H groups in total. The van der Waals surface area contributed by atoms with Gasteiger partial charge < -0.3 is 15.4 Å². The Hall–Kier alpha value is -2.63. The fraction of sp³-hybridized carbons (Fsp3) is 0.368. The first-order valence-electron chi connectivity index (χ1n) is 8.38.